The van der Waals surface area contributed by atoms with Gasteiger partial charge in [-0.25, -0.2) is 4.68 Å². The SMILES string of the molecule is CCc1cc(C)cc(OCCOc2ccc(/C=N/n3cnnc3)cc2)c1. The van der Waals surface area contributed by atoms with Gasteiger partial charge in [-0.05, 0) is 66.4 Å². The third kappa shape index (κ3) is 5.17. The van der Waals surface area contributed by atoms with Crippen molar-refractivity contribution in [2.75, 3.05) is 13.2 Å². The summed E-state index contributed by atoms with van der Waals surface area (Å²) in [5.41, 5.74) is 3.46. The van der Waals surface area contributed by atoms with Crippen LogP contribution in [0.15, 0.2) is 60.2 Å². The molecule has 6 heteroatoms. The standard InChI is InChI=1S/C20H22N4O2/c1-3-17-10-16(2)11-20(12-17)26-9-8-25-19-6-4-18(5-7-19)13-23-24-14-21-22-15-24/h4-7,10-15H,3,8-9H2,1-2H3/b23-13+. The van der Waals surface area contributed by atoms with E-state index in [4.69, 9.17) is 9.47 Å². The Labute approximate surface area is 153 Å². The van der Waals surface area contributed by atoms with Crippen LogP contribution in [0.5, 0.6) is 11.5 Å². The molecule has 0 spiro atoms. The molecule has 0 saturated carbocycles. The molecule has 0 amide bonds. The van der Waals surface area contributed by atoms with E-state index in [2.05, 4.69) is 41.3 Å². The lowest BCUT2D eigenvalue weighted by Crippen LogP contribution is -2.09. The second-order valence-electron chi connectivity index (χ2n) is 5.86. The minimum absolute atomic E-state index is 0.490. The summed E-state index contributed by atoms with van der Waals surface area (Å²) in [6.45, 7) is 5.21. The van der Waals surface area contributed by atoms with Gasteiger partial charge in [0.1, 0.15) is 37.4 Å². The Hall–Kier alpha value is -3.15. The van der Waals surface area contributed by atoms with E-state index >= 15 is 0 Å². The lowest BCUT2D eigenvalue weighted by atomic mass is 10.1. The Bertz CT molecular complexity index is 843. The molecule has 1 heterocycles. The maximum Gasteiger partial charge on any atom is 0.141 e. The van der Waals surface area contributed by atoms with Crippen LogP contribution in [0.2, 0.25) is 0 Å². The van der Waals surface area contributed by atoms with Crippen LogP contribution in [0, 0.1) is 6.92 Å². The predicted octanol–water partition coefficient (Wildman–Crippen LogP) is 3.49. The highest BCUT2D eigenvalue weighted by molar-refractivity contribution is 5.79. The summed E-state index contributed by atoms with van der Waals surface area (Å²) in [6, 6.07) is 14.0. The summed E-state index contributed by atoms with van der Waals surface area (Å²) < 4.78 is 13.1. The summed E-state index contributed by atoms with van der Waals surface area (Å²) >= 11 is 0. The van der Waals surface area contributed by atoms with Gasteiger partial charge in [0.25, 0.3) is 0 Å². The minimum Gasteiger partial charge on any atom is -0.490 e. The quantitative estimate of drug-likeness (QED) is 0.461. The molecular formula is C20H22N4O2. The van der Waals surface area contributed by atoms with Crippen LogP contribution in [-0.4, -0.2) is 34.3 Å². The molecule has 6 nitrogen and oxygen atoms in total. The van der Waals surface area contributed by atoms with E-state index < -0.39 is 0 Å². The predicted molar refractivity (Wildman–Crippen MR) is 101 cm³/mol. The van der Waals surface area contributed by atoms with Gasteiger partial charge in [-0.1, -0.05) is 13.0 Å². The van der Waals surface area contributed by atoms with E-state index in [0.29, 0.717) is 13.2 Å². The molecule has 1 aromatic heterocycles. The fourth-order valence-electron chi connectivity index (χ4n) is 2.47. The Balaban J connectivity index is 1.46. The van der Waals surface area contributed by atoms with Gasteiger partial charge in [-0.15, -0.1) is 10.2 Å². The monoisotopic (exact) mass is 350 g/mol. The van der Waals surface area contributed by atoms with E-state index in [-0.39, 0.29) is 0 Å². The molecule has 0 N–H and O–H groups in total. The third-order valence-corrected chi connectivity index (χ3v) is 3.77. The molecule has 0 bridgehead atoms. The summed E-state index contributed by atoms with van der Waals surface area (Å²) in [5, 5.41) is 11.6. The minimum atomic E-state index is 0.490. The number of aromatic nitrogens is 3. The first-order chi connectivity index (χ1) is 12.7. The molecule has 0 saturated heterocycles. The Morgan fingerprint density at radius 2 is 1.65 bits per heavy atom. The smallest absolute Gasteiger partial charge is 0.141 e. The highest BCUT2D eigenvalue weighted by Crippen LogP contribution is 2.17. The molecule has 26 heavy (non-hydrogen) atoms. The van der Waals surface area contributed by atoms with Crippen molar-refractivity contribution in [3.05, 3.63) is 71.8 Å². The van der Waals surface area contributed by atoms with Crippen molar-refractivity contribution in [1.29, 1.82) is 0 Å². The fourth-order valence-corrected chi connectivity index (χ4v) is 2.47. The van der Waals surface area contributed by atoms with Crippen LogP contribution in [0.1, 0.15) is 23.6 Å². The molecule has 0 aliphatic rings. The maximum absolute atomic E-state index is 5.79. The second kappa shape index (κ2) is 8.80. The topological polar surface area (TPSA) is 61.5 Å². The lowest BCUT2D eigenvalue weighted by molar-refractivity contribution is 0.217. The molecule has 134 valence electrons. The normalized spacial score (nSPS) is 11.0. The Morgan fingerprint density at radius 3 is 2.35 bits per heavy atom. The van der Waals surface area contributed by atoms with E-state index in [9.17, 15) is 0 Å². The van der Waals surface area contributed by atoms with Crippen molar-refractivity contribution in [3.8, 4) is 11.5 Å². The number of rotatable bonds is 8. The van der Waals surface area contributed by atoms with Gasteiger partial charge >= 0.3 is 0 Å². The average molecular weight is 350 g/mol. The number of hydrogen-bond donors (Lipinski definition) is 0. The third-order valence-electron chi connectivity index (χ3n) is 3.77. The molecular weight excluding hydrogens is 328 g/mol. The second-order valence-corrected chi connectivity index (χ2v) is 5.86. The first kappa shape index (κ1) is 17.7. The van der Waals surface area contributed by atoms with Gasteiger partial charge in [-0.3, -0.25) is 0 Å². The molecule has 2 aromatic carbocycles. The molecule has 0 radical (unpaired) electrons. The van der Waals surface area contributed by atoms with Crippen LogP contribution in [0.25, 0.3) is 0 Å². The van der Waals surface area contributed by atoms with Crippen molar-refractivity contribution in [3.63, 3.8) is 0 Å². The van der Waals surface area contributed by atoms with Gasteiger partial charge in [0.05, 0.1) is 6.21 Å². The van der Waals surface area contributed by atoms with Crippen molar-refractivity contribution >= 4 is 6.21 Å². The molecule has 0 aliphatic carbocycles. The van der Waals surface area contributed by atoms with Gasteiger partial charge in [0, 0.05) is 0 Å². The fraction of sp³-hybridized carbons (Fsp3) is 0.250. The van der Waals surface area contributed by atoms with Crippen LogP contribution in [0.3, 0.4) is 0 Å². The number of hydrogen-bond acceptors (Lipinski definition) is 5. The summed E-state index contributed by atoms with van der Waals surface area (Å²) in [5.74, 6) is 1.69. The number of nitrogens with zero attached hydrogens (tertiary/aromatic N) is 4. The summed E-state index contributed by atoms with van der Waals surface area (Å²) in [6.07, 6.45) is 5.80. The highest BCUT2D eigenvalue weighted by atomic mass is 16.5. The van der Waals surface area contributed by atoms with Crippen molar-refractivity contribution in [1.82, 2.24) is 14.9 Å². The van der Waals surface area contributed by atoms with Crippen molar-refractivity contribution < 1.29 is 9.47 Å². The maximum atomic E-state index is 5.79. The van der Waals surface area contributed by atoms with Crippen LogP contribution >= 0.6 is 0 Å². The molecule has 0 unspecified atom stereocenters. The largest absolute Gasteiger partial charge is 0.490 e. The molecule has 3 rings (SSSR count). The highest BCUT2D eigenvalue weighted by Gasteiger charge is 2.00. The zero-order valence-corrected chi connectivity index (χ0v) is 15.0. The summed E-state index contributed by atoms with van der Waals surface area (Å²) in [4.78, 5) is 0. The summed E-state index contributed by atoms with van der Waals surface area (Å²) in [7, 11) is 0. The first-order valence-corrected chi connectivity index (χ1v) is 8.58. The van der Waals surface area contributed by atoms with Gasteiger partial charge in [0.15, 0.2) is 0 Å². The number of benzene rings is 2. The molecule has 0 atom stereocenters. The van der Waals surface area contributed by atoms with E-state index in [1.54, 1.807) is 6.21 Å². The van der Waals surface area contributed by atoms with E-state index in [1.807, 2.05) is 30.3 Å². The Kier molecular flexibility index (Phi) is 5.98. The van der Waals surface area contributed by atoms with Crippen LogP contribution < -0.4 is 9.47 Å². The average Bonchev–Trinajstić information content (AvgIpc) is 3.17. The number of aryl methyl sites for hydroxylation is 2. The zero-order valence-electron chi connectivity index (χ0n) is 15.0. The number of ether oxygens (including phenoxy) is 2. The van der Waals surface area contributed by atoms with E-state index in [1.165, 1.54) is 28.5 Å². The van der Waals surface area contributed by atoms with Crippen molar-refractivity contribution in [2.24, 2.45) is 5.10 Å². The van der Waals surface area contributed by atoms with Crippen molar-refractivity contribution in [2.45, 2.75) is 20.3 Å². The molecule has 3 aromatic rings. The van der Waals surface area contributed by atoms with E-state index in [0.717, 1.165) is 23.5 Å². The lowest BCUT2D eigenvalue weighted by Gasteiger charge is -2.10. The van der Waals surface area contributed by atoms with Crippen LogP contribution in [-0.2, 0) is 6.42 Å². The van der Waals surface area contributed by atoms with Crippen LogP contribution in [0.4, 0.5) is 0 Å². The van der Waals surface area contributed by atoms with Gasteiger partial charge in [-0.2, -0.15) is 5.10 Å². The van der Waals surface area contributed by atoms with Gasteiger partial charge < -0.3 is 9.47 Å². The molecule has 0 aliphatic heterocycles. The zero-order chi connectivity index (χ0) is 18.2. The first-order valence-electron chi connectivity index (χ1n) is 8.58. The molecule has 0 fully saturated rings. The Morgan fingerprint density at radius 1 is 0.962 bits per heavy atom. The van der Waals surface area contributed by atoms with Gasteiger partial charge in [0.2, 0.25) is 0 Å².